The molecule has 0 amide bonds. The van der Waals surface area contributed by atoms with Crippen LogP contribution in [-0.4, -0.2) is 10.9 Å². The van der Waals surface area contributed by atoms with Gasteiger partial charge in [0.1, 0.15) is 0 Å². The Balaban J connectivity index is 2.78. The van der Waals surface area contributed by atoms with Crippen molar-refractivity contribution < 1.29 is 0 Å². The zero-order valence-corrected chi connectivity index (χ0v) is 8.27. The molecule has 0 aliphatic rings. The minimum atomic E-state index is 0.525. The summed E-state index contributed by atoms with van der Waals surface area (Å²) in [5.74, 6) is 0.525. The Hall–Kier alpha value is -0.670. The Labute approximate surface area is 77.3 Å². The summed E-state index contributed by atoms with van der Waals surface area (Å²) in [6.45, 7) is 4.94. The van der Waals surface area contributed by atoms with Crippen LogP contribution in [0.1, 0.15) is 18.7 Å². The molecule has 2 nitrogen and oxygen atoms in total. The van der Waals surface area contributed by atoms with E-state index >= 15 is 0 Å². The first-order chi connectivity index (χ1) is 5.74. The van der Waals surface area contributed by atoms with Gasteiger partial charge in [-0.3, -0.25) is 0 Å². The molecule has 1 heterocycles. The Morgan fingerprint density at radius 2 is 2.50 bits per heavy atom. The Morgan fingerprint density at radius 1 is 1.75 bits per heavy atom. The van der Waals surface area contributed by atoms with Crippen LogP contribution < -0.4 is 5.73 Å². The van der Waals surface area contributed by atoms with Crippen LogP contribution in [0.15, 0.2) is 17.8 Å². The summed E-state index contributed by atoms with van der Waals surface area (Å²) in [5.41, 5.74) is 6.88. The number of nitrogens with zero attached hydrogens (tertiary/aromatic N) is 1. The van der Waals surface area contributed by atoms with Crippen molar-refractivity contribution in [1.82, 2.24) is 4.37 Å². The number of aromatic nitrogens is 1. The molecule has 1 aromatic rings. The average Bonchev–Trinajstić information content (AvgIpc) is 2.51. The number of hydrogen-bond donors (Lipinski definition) is 1. The molecule has 1 aromatic heterocycles. The maximum Gasteiger partial charge on any atom is 0.0477 e. The lowest BCUT2D eigenvalue weighted by Crippen LogP contribution is -2.07. The molecule has 0 bridgehead atoms. The van der Waals surface area contributed by atoms with Crippen molar-refractivity contribution in [3.63, 3.8) is 0 Å². The predicted octanol–water partition coefficient (Wildman–Crippen LogP) is 2.14. The van der Waals surface area contributed by atoms with Gasteiger partial charge in [0.25, 0.3) is 0 Å². The zero-order chi connectivity index (χ0) is 8.97. The summed E-state index contributed by atoms with van der Waals surface area (Å²) in [5, 5.41) is 0. The van der Waals surface area contributed by atoms with Gasteiger partial charge in [0, 0.05) is 17.6 Å². The van der Waals surface area contributed by atoms with Crippen LogP contribution in [0.3, 0.4) is 0 Å². The van der Waals surface area contributed by atoms with Crippen molar-refractivity contribution in [2.24, 2.45) is 11.7 Å². The Morgan fingerprint density at radius 3 is 2.92 bits per heavy atom. The van der Waals surface area contributed by atoms with Gasteiger partial charge in [0.2, 0.25) is 0 Å². The van der Waals surface area contributed by atoms with E-state index in [1.54, 1.807) is 0 Å². The van der Waals surface area contributed by atoms with Crippen LogP contribution >= 0.6 is 11.5 Å². The van der Waals surface area contributed by atoms with Crippen LogP contribution in [-0.2, 0) is 0 Å². The van der Waals surface area contributed by atoms with E-state index < -0.39 is 0 Å². The molecule has 0 aliphatic heterocycles. The highest BCUT2D eigenvalue weighted by molar-refractivity contribution is 7.06. The molecule has 12 heavy (non-hydrogen) atoms. The molecular formula is C9H14N2S. The highest BCUT2D eigenvalue weighted by Crippen LogP contribution is 2.15. The van der Waals surface area contributed by atoms with Gasteiger partial charge >= 0.3 is 0 Å². The topological polar surface area (TPSA) is 38.9 Å². The lowest BCUT2D eigenvalue weighted by molar-refractivity contribution is 0.753. The smallest absolute Gasteiger partial charge is 0.0477 e. The lowest BCUT2D eigenvalue weighted by Gasteiger charge is -2.06. The van der Waals surface area contributed by atoms with Gasteiger partial charge in [0.05, 0.1) is 0 Å². The Bertz CT molecular complexity index is 250. The monoisotopic (exact) mass is 182 g/mol. The number of rotatable bonds is 3. The van der Waals surface area contributed by atoms with Crippen molar-refractivity contribution in [3.8, 4) is 0 Å². The largest absolute Gasteiger partial charge is 0.327 e. The lowest BCUT2D eigenvalue weighted by atomic mass is 10.0. The maximum absolute atomic E-state index is 5.61. The second-order valence-corrected chi connectivity index (χ2v) is 3.86. The molecule has 0 aliphatic carbocycles. The fourth-order valence-electron chi connectivity index (χ4n) is 0.944. The predicted molar refractivity (Wildman–Crippen MR) is 54.0 cm³/mol. The quantitative estimate of drug-likeness (QED) is 0.778. The summed E-state index contributed by atoms with van der Waals surface area (Å²) < 4.78 is 4.03. The van der Waals surface area contributed by atoms with E-state index in [-0.39, 0.29) is 0 Å². The molecule has 0 saturated carbocycles. The summed E-state index contributed by atoms with van der Waals surface area (Å²) >= 11 is 1.50. The van der Waals surface area contributed by atoms with Crippen molar-refractivity contribution >= 4 is 17.6 Å². The maximum atomic E-state index is 5.61. The fourth-order valence-corrected chi connectivity index (χ4v) is 1.51. The summed E-state index contributed by atoms with van der Waals surface area (Å²) in [6, 6.07) is 2.00. The molecule has 0 radical (unpaired) electrons. The van der Waals surface area contributed by atoms with Crippen LogP contribution in [0.4, 0.5) is 0 Å². The van der Waals surface area contributed by atoms with Crippen molar-refractivity contribution in [2.45, 2.75) is 13.8 Å². The van der Waals surface area contributed by atoms with Crippen LogP contribution in [0, 0.1) is 5.92 Å². The van der Waals surface area contributed by atoms with Crippen molar-refractivity contribution in [1.29, 1.82) is 0 Å². The second-order valence-electron chi connectivity index (χ2n) is 2.99. The first-order valence-electron chi connectivity index (χ1n) is 4.05. The molecule has 0 fully saturated rings. The van der Waals surface area contributed by atoms with Gasteiger partial charge in [-0.15, -0.1) is 0 Å². The second kappa shape index (κ2) is 4.38. The molecule has 3 heteroatoms. The molecule has 0 aromatic carbocycles. The van der Waals surface area contributed by atoms with E-state index in [1.807, 2.05) is 12.3 Å². The minimum Gasteiger partial charge on any atom is -0.327 e. The van der Waals surface area contributed by atoms with E-state index in [4.69, 9.17) is 5.73 Å². The number of nitrogens with two attached hydrogens (primary N) is 1. The first-order valence-corrected chi connectivity index (χ1v) is 4.82. The molecule has 0 spiro atoms. The third-order valence-corrected chi connectivity index (χ3v) is 2.45. The third-order valence-electron chi connectivity index (χ3n) is 1.76. The Kier molecular flexibility index (Phi) is 3.44. The molecule has 0 saturated heterocycles. The minimum absolute atomic E-state index is 0.525. The van der Waals surface area contributed by atoms with E-state index in [1.165, 1.54) is 22.0 Å². The zero-order valence-electron chi connectivity index (χ0n) is 7.45. The molecular weight excluding hydrogens is 168 g/mol. The van der Waals surface area contributed by atoms with E-state index in [2.05, 4.69) is 24.3 Å². The summed E-state index contributed by atoms with van der Waals surface area (Å²) in [4.78, 5) is 1.18. The molecule has 66 valence electrons. The third kappa shape index (κ3) is 2.43. The van der Waals surface area contributed by atoms with Gasteiger partial charge in [0.15, 0.2) is 0 Å². The highest BCUT2D eigenvalue weighted by Gasteiger charge is 2.00. The molecule has 0 atom stereocenters. The molecule has 2 N–H and O–H groups in total. The van der Waals surface area contributed by atoms with Crippen LogP contribution in [0.5, 0.6) is 0 Å². The van der Waals surface area contributed by atoms with E-state index in [0.717, 1.165) is 0 Å². The van der Waals surface area contributed by atoms with Gasteiger partial charge < -0.3 is 5.73 Å². The van der Waals surface area contributed by atoms with E-state index in [9.17, 15) is 0 Å². The number of hydrogen-bond acceptors (Lipinski definition) is 3. The van der Waals surface area contributed by atoms with Crippen molar-refractivity contribution in [3.05, 3.63) is 22.7 Å². The SMILES string of the molecule is CC(C)/C(=C/c1ccns1)CN. The fraction of sp³-hybridized carbons (Fsp3) is 0.444. The molecule has 1 rings (SSSR count). The summed E-state index contributed by atoms with van der Waals surface area (Å²) in [6.07, 6.45) is 3.94. The van der Waals surface area contributed by atoms with Gasteiger partial charge in [-0.05, 0) is 29.6 Å². The van der Waals surface area contributed by atoms with Gasteiger partial charge in [-0.1, -0.05) is 19.4 Å². The van der Waals surface area contributed by atoms with Crippen LogP contribution in [0.25, 0.3) is 6.08 Å². The normalized spacial score (nSPS) is 12.5. The summed E-state index contributed by atoms with van der Waals surface area (Å²) in [7, 11) is 0. The average molecular weight is 182 g/mol. The highest BCUT2D eigenvalue weighted by atomic mass is 32.1. The molecule has 0 unspecified atom stereocenters. The van der Waals surface area contributed by atoms with Gasteiger partial charge in [-0.25, -0.2) is 4.37 Å². The first kappa shape index (κ1) is 9.42. The van der Waals surface area contributed by atoms with E-state index in [0.29, 0.717) is 12.5 Å². The van der Waals surface area contributed by atoms with Crippen molar-refractivity contribution in [2.75, 3.05) is 6.54 Å². The van der Waals surface area contributed by atoms with Crippen LogP contribution in [0.2, 0.25) is 0 Å². The van der Waals surface area contributed by atoms with Gasteiger partial charge in [-0.2, -0.15) is 0 Å². The standard InChI is InChI=1S/C9H14N2S/c1-7(2)8(6-10)5-9-3-4-11-12-9/h3-5,7H,6,10H2,1-2H3/b8-5+.